The lowest BCUT2D eigenvalue weighted by atomic mass is 10.4. The molecule has 7 heteroatoms. The van der Waals surface area contributed by atoms with Gasteiger partial charge in [0.15, 0.2) is 0 Å². The third-order valence-corrected chi connectivity index (χ3v) is 2.17. The molecular formula is C6H8ClN3O2S. The van der Waals surface area contributed by atoms with E-state index in [9.17, 15) is 4.79 Å². The minimum Gasteiger partial charge on any atom is -0.392 e. The molecule has 0 unspecified atom stereocenters. The minimum absolute atomic E-state index is 0.191. The van der Waals surface area contributed by atoms with E-state index in [1.807, 2.05) is 0 Å². The van der Waals surface area contributed by atoms with E-state index in [1.54, 1.807) is 6.92 Å². The summed E-state index contributed by atoms with van der Waals surface area (Å²) in [6.45, 7) is 1.77. The molecule has 72 valence electrons. The molecule has 1 heterocycles. The van der Waals surface area contributed by atoms with E-state index in [2.05, 4.69) is 15.5 Å². The summed E-state index contributed by atoms with van der Waals surface area (Å²) in [5.74, 6) is -0.370. The maximum Gasteiger partial charge on any atom is 0.282 e. The van der Waals surface area contributed by atoms with Crippen molar-refractivity contribution in [2.45, 2.75) is 13.0 Å². The van der Waals surface area contributed by atoms with Crippen LogP contribution in [0.5, 0.6) is 0 Å². The Morgan fingerprint density at radius 2 is 2.46 bits per heavy atom. The number of aliphatic hydroxyl groups excluding tert-OH is 1. The number of rotatable bonds is 3. The molecule has 2 N–H and O–H groups in total. The van der Waals surface area contributed by atoms with Crippen LogP contribution in [0.1, 0.15) is 16.7 Å². The van der Waals surface area contributed by atoms with Crippen molar-refractivity contribution in [3.05, 3.63) is 9.47 Å². The summed E-state index contributed by atoms with van der Waals surface area (Å²) in [6, 6.07) is 0. The molecule has 0 bridgehead atoms. The first kappa shape index (κ1) is 10.4. The van der Waals surface area contributed by atoms with Crippen LogP contribution < -0.4 is 5.32 Å². The van der Waals surface area contributed by atoms with Crippen LogP contribution in [0.25, 0.3) is 0 Å². The normalized spacial score (nSPS) is 12.5. The number of hydrogen-bond acceptors (Lipinski definition) is 5. The van der Waals surface area contributed by atoms with Crippen LogP contribution in [-0.2, 0) is 0 Å². The number of aliphatic hydroxyl groups is 1. The maximum absolute atomic E-state index is 11.2. The van der Waals surface area contributed by atoms with Crippen molar-refractivity contribution >= 4 is 28.8 Å². The number of carbonyl (C=O) groups is 1. The molecular weight excluding hydrogens is 214 g/mol. The molecule has 1 rings (SSSR count). The third kappa shape index (κ3) is 3.25. The highest BCUT2D eigenvalue weighted by molar-refractivity contribution is 7.17. The smallest absolute Gasteiger partial charge is 0.282 e. The van der Waals surface area contributed by atoms with Crippen LogP contribution in [0.3, 0.4) is 0 Å². The van der Waals surface area contributed by atoms with Gasteiger partial charge < -0.3 is 10.4 Å². The van der Waals surface area contributed by atoms with E-state index in [1.165, 1.54) is 0 Å². The average molecular weight is 222 g/mol. The number of carbonyl (C=O) groups excluding carboxylic acids is 1. The monoisotopic (exact) mass is 221 g/mol. The summed E-state index contributed by atoms with van der Waals surface area (Å²) in [7, 11) is 0. The Bertz CT molecular complexity index is 302. The fraction of sp³-hybridized carbons (Fsp3) is 0.500. The van der Waals surface area contributed by atoms with E-state index in [-0.39, 0.29) is 21.9 Å². The van der Waals surface area contributed by atoms with Gasteiger partial charge in [0.2, 0.25) is 9.47 Å². The summed E-state index contributed by atoms with van der Waals surface area (Å²) < 4.78 is 0.224. The Balaban J connectivity index is 2.49. The molecule has 0 aliphatic rings. The van der Waals surface area contributed by atoms with Gasteiger partial charge in [0.1, 0.15) is 0 Å². The van der Waals surface area contributed by atoms with Crippen LogP contribution >= 0.6 is 22.9 Å². The van der Waals surface area contributed by atoms with E-state index in [4.69, 9.17) is 16.7 Å². The predicted molar refractivity (Wildman–Crippen MR) is 48.9 cm³/mol. The Kier molecular flexibility index (Phi) is 3.58. The Morgan fingerprint density at radius 3 is 2.92 bits per heavy atom. The maximum atomic E-state index is 11.2. The van der Waals surface area contributed by atoms with Gasteiger partial charge >= 0.3 is 0 Å². The molecule has 0 aromatic carbocycles. The van der Waals surface area contributed by atoms with Gasteiger partial charge in [-0.3, -0.25) is 4.79 Å². The highest BCUT2D eigenvalue weighted by Gasteiger charge is 2.11. The third-order valence-electron chi connectivity index (χ3n) is 1.15. The molecule has 1 amide bonds. The van der Waals surface area contributed by atoms with Gasteiger partial charge in [-0.25, -0.2) is 0 Å². The van der Waals surface area contributed by atoms with Crippen molar-refractivity contribution in [1.82, 2.24) is 15.5 Å². The number of aromatic nitrogens is 2. The van der Waals surface area contributed by atoms with Gasteiger partial charge in [-0.15, -0.1) is 10.2 Å². The second kappa shape index (κ2) is 4.50. The summed E-state index contributed by atoms with van der Waals surface area (Å²) in [4.78, 5) is 11.2. The van der Waals surface area contributed by atoms with Crippen molar-refractivity contribution < 1.29 is 9.90 Å². The number of nitrogens with one attached hydrogen (secondary N) is 1. The first-order valence-electron chi connectivity index (χ1n) is 3.55. The average Bonchev–Trinajstić information content (AvgIpc) is 2.47. The highest BCUT2D eigenvalue weighted by atomic mass is 35.5. The topological polar surface area (TPSA) is 75.1 Å². The zero-order valence-electron chi connectivity index (χ0n) is 6.82. The van der Waals surface area contributed by atoms with Crippen LogP contribution in [0.4, 0.5) is 0 Å². The van der Waals surface area contributed by atoms with Gasteiger partial charge in [0, 0.05) is 6.54 Å². The number of amides is 1. The highest BCUT2D eigenvalue weighted by Crippen LogP contribution is 2.14. The molecule has 1 aromatic rings. The molecule has 0 radical (unpaired) electrons. The Morgan fingerprint density at radius 1 is 1.77 bits per heavy atom. The van der Waals surface area contributed by atoms with Gasteiger partial charge in [-0.05, 0) is 18.5 Å². The van der Waals surface area contributed by atoms with Crippen molar-refractivity contribution in [2.75, 3.05) is 6.54 Å². The van der Waals surface area contributed by atoms with Crippen LogP contribution in [0, 0.1) is 0 Å². The van der Waals surface area contributed by atoms with Crippen molar-refractivity contribution in [3.63, 3.8) is 0 Å². The molecule has 0 fully saturated rings. The van der Waals surface area contributed by atoms with Gasteiger partial charge in [-0.2, -0.15) is 0 Å². The van der Waals surface area contributed by atoms with Crippen LogP contribution in [0.2, 0.25) is 4.47 Å². The van der Waals surface area contributed by atoms with Crippen molar-refractivity contribution in [2.24, 2.45) is 0 Å². The fourth-order valence-corrected chi connectivity index (χ4v) is 1.36. The summed E-state index contributed by atoms with van der Waals surface area (Å²) in [6.07, 6.45) is -0.577. The fourth-order valence-electron chi connectivity index (χ4n) is 0.613. The van der Waals surface area contributed by atoms with E-state index >= 15 is 0 Å². The largest absolute Gasteiger partial charge is 0.392 e. The number of hydrogen-bond donors (Lipinski definition) is 2. The van der Waals surface area contributed by atoms with Crippen LogP contribution in [0.15, 0.2) is 0 Å². The summed E-state index contributed by atoms with van der Waals surface area (Å²) >= 11 is 6.48. The molecule has 0 saturated heterocycles. The van der Waals surface area contributed by atoms with Crippen molar-refractivity contribution in [3.8, 4) is 0 Å². The van der Waals surface area contributed by atoms with Crippen molar-refractivity contribution in [1.29, 1.82) is 0 Å². The van der Waals surface area contributed by atoms with Gasteiger partial charge in [0.25, 0.3) is 5.91 Å². The zero-order chi connectivity index (χ0) is 9.84. The molecule has 1 aromatic heterocycles. The lowest BCUT2D eigenvalue weighted by Gasteiger charge is -2.03. The first-order valence-corrected chi connectivity index (χ1v) is 4.74. The van der Waals surface area contributed by atoms with Gasteiger partial charge in [-0.1, -0.05) is 11.3 Å². The van der Waals surface area contributed by atoms with E-state index < -0.39 is 6.10 Å². The lowest BCUT2D eigenvalue weighted by Crippen LogP contribution is -2.30. The summed E-state index contributed by atoms with van der Waals surface area (Å²) in [5.41, 5.74) is 0. The van der Waals surface area contributed by atoms with E-state index in [0.717, 1.165) is 11.3 Å². The quantitative estimate of drug-likeness (QED) is 0.770. The minimum atomic E-state index is -0.577. The molecule has 1 atom stereocenters. The molecule has 13 heavy (non-hydrogen) atoms. The molecule has 0 aliphatic heterocycles. The van der Waals surface area contributed by atoms with Gasteiger partial charge in [0.05, 0.1) is 6.10 Å². The predicted octanol–water partition coefficient (Wildman–Crippen LogP) is 0.302. The molecule has 0 aliphatic carbocycles. The zero-order valence-corrected chi connectivity index (χ0v) is 8.39. The SMILES string of the molecule is C[C@@H](O)CNC(=O)c1nnc(Cl)s1. The second-order valence-electron chi connectivity index (χ2n) is 2.42. The Labute approximate surface area is 83.7 Å². The summed E-state index contributed by atoms with van der Waals surface area (Å²) in [5, 5.41) is 18.6. The standard InChI is InChI=1S/C6H8ClN3O2S/c1-3(11)2-8-4(12)5-9-10-6(7)13-5/h3,11H,2H2,1H3,(H,8,12)/t3-/m1/s1. The lowest BCUT2D eigenvalue weighted by molar-refractivity contribution is 0.0923. The van der Waals surface area contributed by atoms with E-state index in [0.29, 0.717) is 0 Å². The van der Waals surface area contributed by atoms with Crippen LogP contribution in [-0.4, -0.2) is 33.9 Å². The number of nitrogens with zero attached hydrogens (tertiary/aromatic N) is 2. The molecule has 5 nitrogen and oxygen atoms in total. The molecule has 0 spiro atoms. The Hall–Kier alpha value is -0.720. The first-order chi connectivity index (χ1) is 6.09. The second-order valence-corrected chi connectivity index (χ2v) is 3.98. The number of halogens is 1. The molecule has 0 saturated carbocycles.